The number of aromatic nitrogens is 2. The SMILES string of the molecule is CCC(=O)c1cn2cc(Br)ccc2n1. The van der Waals surface area contributed by atoms with Crippen molar-refractivity contribution in [2.75, 3.05) is 0 Å². The lowest BCUT2D eigenvalue weighted by molar-refractivity contribution is 0.0984. The summed E-state index contributed by atoms with van der Waals surface area (Å²) in [7, 11) is 0. The Morgan fingerprint density at radius 3 is 3.00 bits per heavy atom. The van der Waals surface area contributed by atoms with Gasteiger partial charge < -0.3 is 4.40 Å². The van der Waals surface area contributed by atoms with Gasteiger partial charge in [-0.2, -0.15) is 0 Å². The fourth-order valence-corrected chi connectivity index (χ4v) is 1.63. The molecule has 72 valence electrons. The molecule has 0 aliphatic rings. The molecule has 2 aromatic heterocycles. The van der Waals surface area contributed by atoms with Gasteiger partial charge in [0.1, 0.15) is 11.3 Å². The van der Waals surface area contributed by atoms with E-state index in [-0.39, 0.29) is 5.78 Å². The number of carbonyl (C=O) groups excluding carboxylic acids is 1. The monoisotopic (exact) mass is 252 g/mol. The Morgan fingerprint density at radius 2 is 2.29 bits per heavy atom. The van der Waals surface area contributed by atoms with Gasteiger partial charge in [0.2, 0.25) is 0 Å². The molecule has 0 amide bonds. The molecule has 0 unspecified atom stereocenters. The number of pyridine rings is 1. The lowest BCUT2D eigenvalue weighted by Gasteiger charge is -1.91. The molecule has 14 heavy (non-hydrogen) atoms. The van der Waals surface area contributed by atoms with E-state index in [1.807, 2.05) is 29.7 Å². The number of carbonyl (C=O) groups is 1. The molecule has 2 rings (SSSR count). The van der Waals surface area contributed by atoms with Crippen LogP contribution in [0.3, 0.4) is 0 Å². The number of fused-ring (bicyclic) bond motifs is 1. The van der Waals surface area contributed by atoms with Crippen LogP contribution in [0.15, 0.2) is 29.0 Å². The Kier molecular flexibility index (Phi) is 2.37. The summed E-state index contributed by atoms with van der Waals surface area (Å²) in [6.45, 7) is 1.84. The highest BCUT2D eigenvalue weighted by Gasteiger charge is 2.07. The van der Waals surface area contributed by atoms with Crippen molar-refractivity contribution in [1.29, 1.82) is 0 Å². The maximum atomic E-state index is 11.4. The first-order valence-corrected chi connectivity index (χ1v) is 5.17. The Balaban J connectivity index is 2.56. The maximum Gasteiger partial charge on any atom is 0.182 e. The van der Waals surface area contributed by atoms with E-state index in [2.05, 4.69) is 20.9 Å². The molecule has 0 fully saturated rings. The second-order valence-electron chi connectivity index (χ2n) is 3.02. The maximum absolute atomic E-state index is 11.4. The Hall–Kier alpha value is -1.16. The first-order valence-electron chi connectivity index (χ1n) is 4.38. The average Bonchev–Trinajstić information content (AvgIpc) is 2.59. The molecule has 0 bridgehead atoms. The molecule has 0 N–H and O–H groups in total. The van der Waals surface area contributed by atoms with E-state index in [9.17, 15) is 4.79 Å². The van der Waals surface area contributed by atoms with Crippen molar-refractivity contribution in [3.8, 4) is 0 Å². The van der Waals surface area contributed by atoms with E-state index in [4.69, 9.17) is 0 Å². The summed E-state index contributed by atoms with van der Waals surface area (Å²) in [4.78, 5) is 15.6. The van der Waals surface area contributed by atoms with E-state index in [0.717, 1.165) is 10.1 Å². The number of halogens is 1. The summed E-state index contributed by atoms with van der Waals surface area (Å²) < 4.78 is 2.81. The summed E-state index contributed by atoms with van der Waals surface area (Å²) >= 11 is 3.36. The van der Waals surface area contributed by atoms with Crippen molar-refractivity contribution in [2.45, 2.75) is 13.3 Å². The zero-order chi connectivity index (χ0) is 10.1. The fourth-order valence-electron chi connectivity index (χ4n) is 1.28. The second-order valence-corrected chi connectivity index (χ2v) is 3.93. The zero-order valence-electron chi connectivity index (χ0n) is 7.70. The van der Waals surface area contributed by atoms with Crippen molar-refractivity contribution in [3.05, 3.63) is 34.7 Å². The van der Waals surface area contributed by atoms with Crippen LogP contribution in [0, 0.1) is 0 Å². The average molecular weight is 253 g/mol. The first kappa shape index (κ1) is 9.40. The minimum Gasteiger partial charge on any atom is -0.305 e. The van der Waals surface area contributed by atoms with E-state index in [1.165, 1.54) is 0 Å². The van der Waals surface area contributed by atoms with Crippen molar-refractivity contribution in [3.63, 3.8) is 0 Å². The van der Waals surface area contributed by atoms with Crippen LogP contribution in [0.2, 0.25) is 0 Å². The number of Topliss-reactive ketones (excluding diaryl/α,β-unsaturated/α-hetero) is 1. The van der Waals surface area contributed by atoms with Crippen LogP contribution < -0.4 is 0 Å². The van der Waals surface area contributed by atoms with Gasteiger partial charge in [-0.05, 0) is 28.1 Å². The summed E-state index contributed by atoms with van der Waals surface area (Å²) in [6, 6.07) is 3.78. The van der Waals surface area contributed by atoms with Gasteiger partial charge in [-0.3, -0.25) is 4.79 Å². The zero-order valence-corrected chi connectivity index (χ0v) is 9.28. The minimum absolute atomic E-state index is 0.0739. The first-order chi connectivity index (χ1) is 6.70. The van der Waals surface area contributed by atoms with E-state index in [0.29, 0.717) is 12.1 Å². The molecule has 0 saturated heterocycles. The predicted molar refractivity (Wildman–Crippen MR) is 57.5 cm³/mol. The highest BCUT2D eigenvalue weighted by Crippen LogP contribution is 2.13. The largest absolute Gasteiger partial charge is 0.305 e. The van der Waals surface area contributed by atoms with Crippen LogP contribution >= 0.6 is 15.9 Å². The molecule has 3 nitrogen and oxygen atoms in total. The van der Waals surface area contributed by atoms with Crippen LogP contribution in [0.25, 0.3) is 5.65 Å². The lowest BCUT2D eigenvalue weighted by atomic mass is 10.2. The topological polar surface area (TPSA) is 34.4 Å². The van der Waals surface area contributed by atoms with Gasteiger partial charge in [-0.1, -0.05) is 6.92 Å². The van der Waals surface area contributed by atoms with Crippen molar-refractivity contribution in [2.24, 2.45) is 0 Å². The fraction of sp³-hybridized carbons (Fsp3) is 0.200. The van der Waals surface area contributed by atoms with Gasteiger partial charge >= 0.3 is 0 Å². The highest BCUT2D eigenvalue weighted by molar-refractivity contribution is 9.10. The van der Waals surface area contributed by atoms with E-state index in [1.54, 1.807) is 6.20 Å². The molecule has 0 aromatic carbocycles. The number of hydrogen-bond donors (Lipinski definition) is 0. The number of nitrogens with zero attached hydrogens (tertiary/aromatic N) is 2. The van der Waals surface area contributed by atoms with Crippen molar-refractivity contribution >= 4 is 27.4 Å². The van der Waals surface area contributed by atoms with Gasteiger partial charge in [-0.25, -0.2) is 4.98 Å². The van der Waals surface area contributed by atoms with E-state index < -0.39 is 0 Å². The van der Waals surface area contributed by atoms with Crippen LogP contribution in [0.5, 0.6) is 0 Å². The molecule has 0 atom stereocenters. The summed E-state index contributed by atoms with van der Waals surface area (Å²) in [5, 5.41) is 0. The minimum atomic E-state index is 0.0739. The molecule has 2 aromatic rings. The van der Waals surface area contributed by atoms with Crippen LogP contribution in [-0.2, 0) is 0 Å². The Bertz CT molecular complexity index is 490. The molecule has 0 radical (unpaired) electrons. The Labute approximate surface area is 89.9 Å². The number of ketones is 1. The number of hydrogen-bond acceptors (Lipinski definition) is 2. The van der Waals surface area contributed by atoms with E-state index >= 15 is 0 Å². The second kappa shape index (κ2) is 3.53. The number of imidazole rings is 1. The molecular formula is C10H9BrN2O. The molecular weight excluding hydrogens is 244 g/mol. The smallest absolute Gasteiger partial charge is 0.182 e. The van der Waals surface area contributed by atoms with Crippen molar-refractivity contribution < 1.29 is 4.79 Å². The molecule has 0 aliphatic carbocycles. The van der Waals surface area contributed by atoms with Crippen molar-refractivity contribution in [1.82, 2.24) is 9.38 Å². The normalized spacial score (nSPS) is 10.7. The molecule has 0 aliphatic heterocycles. The summed E-state index contributed by atoms with van der Waals surface area (Å²) in [5.41, 5.74) is 1.33. The molecule has 4 heteroatoms. The molecule has 0 spiro atoms. The molecule has 0 saturated carbocycles. The van der Waals surface area contributed by atoms with Crippen LogP contribution in [0.4, 0.5) is 0 Å². The highest BCUT2D eigenvalue weighted by atomic mass is 79.9. The van der Waals surface area contributed by atoms with Gasteiger partial charge in [0.05, 0.1) is 0 Å². The molecule has 2 heterocycles. The van der Waals surface area contributed by atoms with Gasteiger partial charge in [-0.15, -0.1) is 0 Å². The third-order valence-electron chi connectivity index (χ3n) is 2.02. The van der Waals surface area contributed by atoms with Gasteiger partial charge in [0.25, 0.3) is 0 Å². The van der Waals surface area contributed by atoms with Gasteiger partial charge in [0, 0.05) is 23.3 Å². The van der Waals surface area contributed by atoms with Gasteiger partial charge in [0.15, 0.2) is 5.78 Å². The lowest BCUT2D eigenvalue weighted by Crippen LogP contribution is -1.95. The van der Waals surface area contributed by atoms with Crippen LogP contribution in [0.1, 0.15) is 23.8 Å². The standard InChI is InChI=1S/C10H9BrN2O/c1-2-9(14)8-6-13-5-7(11)3-4-10(13)12-8/h3-6H,2H2,1H3. The quantitative estimate of drug-likeness (QED) is 0.771. The Morgan fingerprint density at radius 1 is 1.50 bits per heavy atom. The summed E-state index contributed by atoms with van der Waals surface area (Å²) in [6.07, 6.45) is 4.13. The number of rotatable bonds is 2. The third kappa shape index (κ3) is 1.57. The summed E-state index contributed by atoms with van der Waals surface area (Å²) in [5.74, 6) is 0.0739. The van der Waals surface area contributed by atoms with Crippen LogP contribution in [-0.4, -0.2) is 15.2 Å². The third-order valence-corrected chi connectivity index (χ3v) is 2.49. The predicted octanol–water partition coefficient (Wildman–Crippen LogP) is 2.69.